The van der Waals surface area contributed by atoms with E-state index in [1.165, 1.54) is 19.2 Å². The fourth-order valence-electron chi connectivity index (χ4n) is 3.50. The minimum Gasteiger partial charge on any atom is -0.493 e. The Hall–Kier alpha value is -1.89. The average Bonchev–Trinajstić information content (AvgIpc) is 2.85. The summed E-state index contributed by atoms with van der Waals surface area (Å²) in [6, 6.07) is 5.44. The molecule has 0 radical (unpaired) electrons. The van der Waals surface area contributed by atoms with Gasteiger partial charge in [0.1, 0.15) is 0 Å². The number of amides is 1. The number of benzene rings is 1. The Balaban J connectivity index is 1.76. The van der Waals surface area contributed by atoms with Gasteiger partial charge in [0, 0.05) is 18.1 Å². The zero-order valence-electron chi connectivity index (χ0n) is 12.9. The van der Waals surface area contributed by atoms with E-state index in [1.54, 1.807) is 6.07 Å². The fourth-order valence-corrected chi connectivity index (χ4v) is 3.50. The summed E-state index contributed by atoms with van der Waals surface area (Å²) in [6.07, 6.45) is 3.96. The van der Waals surface area contributed by atoms with E-state index in [-0.39, 0.29) is 23.1 Å². The van der Waals surface area contributed by atoms with E-state index in [2.05, 4.69) is 15.4 Å². The largest absolute Gasteiger partial charge is 0.493 e. The first-order chi connectivity index (χ1) is 11.1. The summed E-state index contributed by atoms with van der Waals surface area (Å²) in [5, 5.41) is 6.44. The van der Waals surface area contributed by atoms with Crippen LogP contribution in [0, 0.1) is 0 Å². The number of para-hydroxylation sites is 1. The van der Waals surface area contributed by atoms with Crippen LogP contribution in [0.25, 0.3) is 0 Å². The quantitative estimate of drug-likeness (QED) is 0.872. The first-order valence-corrected chi connectivity index (χ1v) is 7.75. The molecule has 3 rings (SSSR count). The highest BCUT2D eigenvalue weighted by Crippen LogP contribution is 2.33. The van der Waals surface area contributed by atoms with Crippen LogP contribution in [0.4, 0.5) is 8.78 Å². The number of hydrogen-bond acceptors (Lipinski definition) is 4. The van der Waals surface area contributed by atoms with Gasteiger partial charge in [0.2, 0.25) is 0 Å². The van der Waals surface area contributed by atoms with Crippen LogP contribution < -0.4 is 20.1 Å². The van der Waals surface area contributed by atoms with Crippen LogP contribution in [0.3, 0.4) is 0 Å². The second-order valence-corrected chi connectivity index (χ2v) is 6.00. The lowest BCUT2D eigenvalue weighted by Gasteiger charge is -2.29. The number of carbonyl (C=O) groups excluding carboxylic acids is 1. The van der Waals surface area contributed by atoms with Gasteiger partial charge in [-0.05, 0) is 37.8 Å². The van der Waals surface area contributed by atoms with E-state index in [0.717, 1.165) is 25.7 Å². The van der Waals surface area contributed by atoms with Crippen LogP contribution in [-0.2, 0) is 0 Å². The summed E-state index contributed by atoms with van der Waals surface area (Å²) in [5.74, 6) is -0.520. The Morgan fingerprint density at radius 1 is 1.30 bits per heavy atom. The first kappa shape index (κ1) is 16.0. The van der Waals surface area contributed by atoms with Crippen molar-refractivity contribution in [2.75, 3.05) is 7.11 Å². The number of hydrogen-bond donors (Lipinski definition) is 2. The topological polar surface area (TPSA) is 59.6 Å². The number of piperidine rings is 1. The lowest BCUT2D eigenvalue weighted by atomic mass is 9.99. The molecule has 2 N–H and O–H groups in total. The maximum Gasteiger partial charge on any atom is 0.387 e. The number of halogens is 2. The van der Waals surface area contributed by atoms with Gasteiger partial charge in [-0.3, -0.25) is 4.79 Å². The van der Waals surface area contributed by atoms with Crippen molar-refractivity contribution < 1.29 is 23.0 Å². The number of fused-ring (bicyclic) bond motifs is 2. The van der Waals surface area contributed by atoms with Gasteiger partial charge in [0.15, 0.2) is 11.5 Å². The third-order valence-electron chi connectivity index (χ3n) is 4.46. The second-order valence-electron chi connectivity index (χ2n) is 6.00. The summed E-state index contributed by atoms with van der Waals surface area (Å²) >= 11 is 0. The Kier molecular flexibility index (Phi) is 4.66. The van der Waals surface area contributed by atoms with Crippen LogP contribution >= 0.6 is 0 Å². The second kappa shape index (κ2) is 6.70. The molecule has 126 valence electrons. The molecule has 1 aromatic rings. The van der Waals surface area contributed by atoms with E-state index in [0.29, 0.717) is 12.1 Å². The fraction of sp³-hybridized carbons (Fsp3) is 0.562. The van der Waals surface area contributed by atoms with Crippen molar-refractivity contribution in [3.8, 4) is 11.5 Å². The molecule has 1 aromatic carbocycles. The SMILES string of the molecule is COc1cccc(C(=O)NC2CC3CCC(C2)N3)c1OC(F)F. The van der Waals surface area contributed by atoms with E-state index in [9.17, 15) is 13.6 Å². The van der Waals surface area contributed by atoms with Crippen LogP contribution in [0.1, 0.15) is 36.0 Å². The van der Waals surface area contributed by atoms with Crippen molar-refractivity contribution in [1.82, 2.24) is 10.6 Å². The molecule has 2 bridgehead atoms. The molecule has 0 aromatic heterocycles. The van der Waals surface area contributed by atoms with Gasteiger partial charge in [0.05, 0.1) is 12.7 Å². The molecule has 5 nitrogen and oxygen atoms in total. The highest BCUT2D eigenvalue weighted by molar-refractivity contribution is 5.98. The minimum absolute atomic E-state index is 0.0480. The van der Waals surface area contributed by atoms with Crippen LogP contribution in [0.5, 0.6) is 11.5 Å². The van der Waals surface area contributed by atoms with Gasteiger partial charge in [-0.25, -0.2) is 0 Å². The molecule has 23 heavy (non-hydrogen) atoms. The third-order valence-corrected chi connectivity index (χ3v) is 4.46. The zero-order chi connectivity index (χ0) is 16.4. The molecule has 2 aliphatic heterocycles. The Morgan fingerprint density at radius 3 is 2.61 bits per heavy atom. The molecule has 0 aliphatic carbocycles. The van der Waals surface area contributed by atoms with Gasteiger partial charge in [-0.1, -0.05) is 6.07 Å². The number of rotatable bonds is 5. The van der Waals surface area contributed by atoms with E-state index < -0.39 is 12.5 Å². The van der Waals surface area contributed by atoms with Crippen LogP contribution in [0.2, 0.25) is 0 Å². The number of carbonyl (C=O) groups is 1. The standard InChI is InChI=1S/C16H20F2N2O3/c1-22-13-4-2-3-12(14(13)23-16(17)18)15(21)20-11-7-9-5-6-10(8-11)19-9/h2-4,9-11,16,19H,5-8H2,1H3,(H,20,21). The highest BCUT2D eigenvalue weighted by atomic mass is 19.3. The number of alkyl halides is 2. The summed E-state index contributed by atoms with van der Waals surface area (Å²) in [6.45, 7) is -3.02. The number of ether oxygens (including phenoxy) is 2. The summed E-state index contributed by atoms with van der Waals surface area (Å²) in [5.41, 5.74) is 0.0653. The molecule has 1 amide bonds. The van der Waals surface area contributed by atoms with Gasteiger partial charge in [0.25, 0.3) is 5.91 Å². The van der Waals surface area contributed by atoms with Crippen LogP contribution in [-0.4, -0.2) is 37.8 Å². The zero-order valence-corrected chi connectivity index (χ0v) is 12.9. The van der Waals surface area contributed by atoms with Crippen molar-refractivity contribution in [3.63, 3.8) is 0 Å². The van der Waals surface area contributed by atoms with E-state index >= 15 is 0 Å². The molecule has 7 heteroatoms. The molecular formula is C16H20F2N2O3. The maximum absolute atomic E-state index is 12.6. The summed E-state index contributed by atoms with van der Waals surface area (Å²) in [7, 11) is 1.35. The molecule has 2 unspecified atom stereocenters. The van der Waals surface area contributed by atoms with Crippen molar-refractivity contribution in [2.45, 2.75) is 50.4 Å². The van der Waals surface area contributed by atoms with Crippen LogP contribution in [0.15, 0.2) is 18.2 Å². The van der Waals surface area contributed by atoms with Crippen molar-refractivity contribution >= 4 is 5.91 Å². The molecular weight excluding hydrogens is 306 g/mol. The molecule has 2 saturated heterocycles. The van der Waals surface area contributed by atoms with E-state index in [4.69, 9.17) is 4.74 Å². The third kappa shape index (κ3) is 3.55. The van der Waals surface area contributed by atoms with Crippen molar-refractivity contribution in [3.05, 3.63) is 23.8 Å². The number of nitrogens with one attached hydrogen (secondary N) is 2. The molecule has 2 atom stereocenters. The van der Waals surface area contributed by atoms with Gasteiger partial charge < -0.3 is 20.1 Å². The smallest absolute Gasteiger partial charge is 0.387 e. The minimum atomic E-state index is -3.02. The number of methoxy groups -OCH3 is 1. The molecule has 0 saturated carbocycles. The van der Waals surface area contributed by atoms with Crippen molar-refractivity contribution in [2.24, 2.45) is 0 Å². The average molecular weight is 326 g/mol. The molecule has 2 heterocycles. The van der Waals surface area contributed by atoms with Crippen molar-refractivity contribution in [1.29, 1.82) is 0 Å². The Labute approximate surface area is 133 Å². The molecule has 0 spiro atoms. The van der Waals surface area contributed by atoms with Gasteiger partial charge >= 0.3 is 6.61 Å². The molecule has 2 fully saturated rings. The Morgan fingerprint density at radius 2 is 2.00 bits per heavy atom. The normalized spacial score (nSPS) is 26.2. The lowest BCUT2D eigenvalue weighted by molar-refractivity contribution is -0.0515. The van der Waals surface area contributed by atoms with Gasteiger partial charge in [-0.2, -0.15) is 8.78 Å². The predicted octanol–water partition coefficient (Wildman–Crippen LogP) is 2.31. The van der Waals surface area contributed by atoms with E-state index in [1.807, 2.05) is 0 Å². The maximum atomic E-state index is 12.6. The summed E-state index contributed by atoms with van der Waals surface area (Å²) in [4.78, 5) is 12.5. The first-order valence-electron chi connectivity index (χ1n) is 7.75. The lowest BCUT2D eigenvalue weighted by Crippen LogP contribution is -2.48. The highest BCUT2D eigenvalue weighted by Gasteiger charge is 2.34. The predicted molar refractivity (Wildman–Crippen MR) is 80.1 cm³/mol. The summed E-state index contributed by atoms with van der Waals surface area (Å²) < 4.78 is 34.8. The molecule has 2 aliphatic rings. The Bertz CT molecular complexity index is 570. The monoisotopic (exact) mass is 326 g/mol. The van der Waals surface area contributed by atoms with Gasteiger partial charge in [-0.15, -0.1) is 0 Å².